The molecule has 2 bridgehead atoms. The highest BCUT2D eigenvalue weighted by atomic mass is 79.9. The molecule has 0 radical (unpaired) electrons. The van der Waals surface area contributed by atoms with Crippen molar-refractivity contribution in [1.82, 2.24) is 0 Å². The fourth-order valence-electron chi connectivity index (χ4n) is 2.80. The summed E-state index contributed by atoms with van der Waals surface area (Å²) in [5, 5.41) is 0. The van der Waals surface area contributed by atoms with E-state index >= 15 is 0 Å². The average Bonchev–Trinajstić information content (AvgIpc) is 2.56. The van der Waals surface area contributed by atoms with Gasteiger partial charge < -0.3 is 0 Å². The molecule has 0 aromatic heterocycles. The molecule has 80 valence electrons. The third-order valence-electron chi connectivity index (χ3n) is 3.45. The second kappa shape index (κ2) is 3.56. The molecule has 0 aliphatic heterocycles. The second-order valence-electron chi connectivity index (χ2n) is 4.15. The van der Waals surface area contributed by atoms with Crippen molar-refractivity contribution in [2.75, 3.05) is 0 Å². The van der Waals surface area contributed by atoms with E-state index in [1.54, 1.807) is 0 Å². The van der Waals surface area contributed by atoms with Gasteiger partial charge in [0.25, 0.3) is 0 Å². The predicted octanol–water partition coefficient (Wildman–Crippen LogP) is 4.89. The molecule has 0 amide bonds. The molecule has 4 heteroatoms. The number of hydrogen-bond donors (Lipinski definition) is 0. The van der Waals surface area contributed by atoms with Crippen LogP contribution in [0.3, 0.4) is 0 Å². The normalized spacial score (nSPS) is 40.5. The van der Waals surface area contributed by atoms with E-state index in [0.29, 0.717) is 21.5 Å². The van der Waals surface area contributed by atoms with Crippen LogP contribution in [-0.4, -0.2) is 12.9 Å². The SMILES string of the molecule is Br[C@H]1[C@H]2c3ccccc3[C@@H]1C(Br)(Br)[C@H]2Br. The molecule has 4 atom stereocenters. The van der Waals surface area contributed by atoms with Crippen molar-refractivity contribution in [3.63, 3.8) is 0 Å². The Morgan fingerprint density at radius 1 is 1.00 bits per heavy atom. The summed E-state index contributed by atoms with van der Waals surface area (Å²) >= 11 is 15.3. The van der Waals surface area contributed by atoms with E-state index in [1.807, 2.05) is 0 Å². The highest BCUT2D eigenvalue weighted by Crippen LogP contribution is 2.68. The topological polar surface area (TPSA) is 0 Å². The van der Waals surface area contributed by atoms with Gasteiger partial charge in [-0.05, 0) is 11.1 Å². The molecule has 0 nitrogen and oxygen atoms in total. The van der Waals surface area contributed by atoms with Gasteiger partial charge in [0.05, 0.1) is 0 Å². The van der Waals surface area contributed by atoms with Crippen LogP contribution in [0.5, 0.6) is 0 Å². The van der Waals surface area contributed by atoms with E-state index in [4.69, 9.17) is 0 Å². The van der Waals surface area contributed by atoms with Crippen LogP contribution < -0.4 is 0 Å². The van der Waals surface area contributed by atoms with Crippen LogP contribution in [-0.2, 0) is 0 Å². The van der Waals surface area contributed by atoms with Crippen LogP contribution in [0, 0.1) is 0 Å². The van der Waals surface area contributed by atoms with Crippen molar-refractivity contribution >= 4 is 63.7 Å². The van der Waals surface area contributed by atoms with Gasteiger partial charge in [0.1, 0.15) is 3.23 Å². The molecular formula is C11H8Br4. The van der Waals surface area contributed by atoms with Gasteiger partial charge >= 0.3 is 0 Å². The van der Waals surface area contributed by atoms with Crippen LogP contribution in [0.1, 0.15) is 23.0 Å². The Balaban J connectivity index is 2.23. The molecule has 0 spiro atoms. The number of halogens is 4. The summed E-state index contributed by atoms with van der Waals surface area (Å²) in [6, 6.07) is 8.74. The van der Waals surface area contributed by atoms with Gasteiger partial charge in [0, 0.05) is 21.5 Å². The Kier molecular flexibility index (Phi) is 2.67. The van der Waals surface area contributed by atoms with Crippen molar-refractivity contribution in [3.8, 4) is 0 Å². The van der Waals surface area contributed by atoms with Gasteiger partial charge in [-0.1, -0.05) is 88.0 Å². The van der Waals surface area contributed by atoms with E-state index in [9.17, 15) is 0 Å². The van der Waals surface area contributed by atoms with E-state index in [-0.39, 0.29) is 3.23 Å². The summed E-state index contributed by atoms with van der Waals surface area (Å²) in [7, 11) is 0. The maximum atomic E-state index is 3.84. The number of alkyl halides is 4. The fourth-order valence-corrected chi connectivity index (χ4v) is 7.74. The van der Waals surface area contributed by atoms with Crippen molar-refractivity contribution in [1.29, 1.82) is 0 Å². The summed E-state index contributed by atoms with van der Waals surface area (Å²) in [5.41, 5.74) is 2.95. The van der Waals surface area contributed by atoms with Gasteiger partial charge in [-0.15, -0.1) is 0 Å². The number of rotatable bonds is 0. The Morgan fingerprint density at radius 3 is 2.27 bits per heavy atom. The molecule has 2 aliphatic rings. The van der Waals surface area contributed by atoms with Crippen LogP contribution in [0.4, 0.5) is 0 Å². The van der Waals surface area contributed by atoms with Crippen LogP contribution >= 0.6 is 63.7 Å². The highest BCUT2D eigenvalue weighted by Gasteiger charge is 2.62. The van der Waals surface area contributed by atoms with Gasteiger partial charge in [-0.3, -0.25) is 0 Å². The zero-order valence-corrected chi connectivity index (χ0v) is 14.0. The lowest BCUT2D eigenvalue weighted by Crippen LogP contribution is -2.30. The lowest BCUT2D eigenvalue weighted by molar-refractivity contribution is 0.738. The zero-order chi connectivity index (χ0) is 10.8. The molecule has 1 fully saturated rings. The number of benzene rings is 1. The molecule has 2 aliphatic carbocycles. The van der Waals surface area contributed by atoms with Crippen LogP contribution in [0.15, 0.2) is 24.3 Å². The highest BCUT2D eigenvalue weighted by molar-refractivity contribution is 9.26. The third-order valence-corrected chi connectivity index (χ3v) is 9.04. The van der Waals surface area contributed by atoms with E-state index in [0.717, 1.165) is 0 Å². The standard InChI is InChI=1S/C11H8Br4/c12-9-7-5-3-1-2-4-6(5)8(9)11(14,15)10(7)13/h1-4,7-10H/t7-,8+,9+,10+/m1/s1. The summed E-state index contributed by atoms with van der Waals surface area (Å²) < 4.78 is -0.0206. The van der Waals surface area contributed by atoms with Crippen molar-refractivity contribution in [2.45, 2.75) is 24.7 Å². The third kappa shape index (κ3) is 1.34. The van der Waals surface area contributed by atoms with Crippen LogP contribution in [0.25, 0.3) is 0 Å². The molecule has 1 saturated carbocycles. The first kappa shape index (κ1) is 11.2. The molecule has 0 saturated heterocycles. The maximum absolute atomic E-state index is 3.84. The molecule has 3 rings (SSSR count). The summed E-state index contributed by atoms with van der Waals surface area (Å²) in [5.74, 6) is 1.04. The number of fused-ring (bicyclic) bond motifs is 5. The molecule has 1 aromatic carbocycles. The van der Waals surface area contributed by atoms with E-state index in [1.165, 1.54) is 11.1 Å². The molecular weight excluding hydrogens is 452 g/mol. The number of hydrogen-bond acceptors (Lipinski definition) is 0. The predicted molar refractivity (Wildman–Crippen MR) is 77.9 cm³/mol. The molecule has 0 N–H and O–H groups in total. The minimum Gasteiger partial charge on any atom is -0.0876 e. The average molecular weight is 460 g/mol. The largest absolute Gasteiger partial charge is 0.101 e. The lowest BCUT2D eigenvalue weighted by Gasteiger charge is -2.32. The van der Waals surface area contributed by atoms with Gasteiger partial charge in [-0.25, -0.2) is 0 Å². The van der Waals surface area contributed by atoms with Gasteiger partial charge in [-0.2, -0.15) is 0 Å². The Bertz CT molecular complexity index is 415. The monoisotopic (exact) mass is 456 g/mol. The summed E-state index contributed by atoms with van der Waals surface area (Å²) in [4.78, 5) is 0.937. The Labute approximate surface area is 123 Å². The first-order valence-electron chi connectivity index (χ1n) is 4.80. The minimum atomic E-state index is -0.0206. The molecule has 15 heavy (non-hydrogen) atoms. The zero-order valence-electron chi connectivity index (χ0n) is 7.63. The molecule has 0 heterocycles. The Morgan fingerprint density at radius 2 is 1.60 bits per heavy atom. The summed E-state index contributed by atoms with van der Waals surface area (Å²) in [6.07, 6.45) is 0. The van der Waals surface area contributed by atoms with Gasteiger partial charge in [0.15, 0.2) is 0 Å². The second-order valence-corrected chi connectivity index (χ2v) is 9.89. The minimum absolute atomic E-state index is 0.0206. The lowest BCUT2D eigenvalue weighted by atomic mass is 9.92. The first-order chi connectivity index (χ1) is 7.05. The quantitative estimate of drug-likeness (QED) is 0.484. The fraction of sp³-hybridized carbons (Fsp3) is 0.455. The van der Waals surface area contributed by atoms with Gasteiger partial charge in [0.2, 0.25) is 0 Å². The smallest absolute Gasteiger partial charge is 0.0876 e. The maximum Gasteiger partial charge on any atom is 0.101 e. The van der Waals surface area contributed by atoms with Crippen LogP contribution in [0.2, 0.25) is 0 Å². The summed E-state index contributed by atoms with van der Waals surface area (Å²) in [6.45, 7) is 0. The Hall–Kier alpha value is 1.14. The molecule has 0 unspecified atom stereocenters. The van der Waals surface area contributed by atoms with Crippen molar-refractivity contribution in [3.05, 3.63) is 35.4 Å². The van der Waals surface area contributed by atoms with Crippen molar-refractivity contribution in [2.24, 2.45) is 0 Å². The van der Waals surface area contributed by atoms with E-state index in [2.05, 4.69) is 88.0 Å². The molecule has 1 aromatic rings. The van der Waals surface area contributed by atoms with Crippen molar-refractivity contribution < 1.29 is 0 Å². The first-order valence-corrected chi connectivity index (χ1v) is 8.21. The van der Waals surface area contributed by atoms with E-state index < -0.39 is 0 Å².